The number of sulfonamides is 1. The van der Waals surface area contributed by atoms with Gasteiger partial charge in [0.2, 0.25) is 5.13 Å². The third-order valence-corrected chi connectivity index (χ3v) is 12.9. The molecule has 0 spiro atoms. The summed E-state index contributed by atoms with van der Waals surface area (Å²) in [4.78, 5) is 29.6. The third-order valence-electron chi connectivity index (χ3n) is 10.0. The lowest BCUT2D eigenvalue weighted by atomic mass is 9.82. The number of benzene rings is 3. The number of pyridine rings is 1. The Kier molecular flexibility index (Phi) is 14.8. The summed E-state index contributed by atoms with van der Waals surface area (Å²) in [6.07, 6.45) is -9.92. The minimum absolute atomic E-state index is 0.0510. The van der Waals surface area contributed by atoms with Gasteiger partial charge in [-0.2, -0.15) is 26.3 Å². The molecule has 0 saturated carbocycles. The fourth-order valence-corrected chi connectivity index (χ4v) is 9.69. The number of rotatable bonds is 13. The van der Waals surface area contributed by atoms with Crippen molar-refractivity contribution in [3.8, 4) is 33.8 Å². The van der Waals surface area contributed by atoms with Gasteiger partial charge in [-0.15, -0.1) is 10.2 Å². The molecule has 1 atom stereocenters. The largest absolute Gasteiger partial charge is 0.471 e. The number of alkyl halides is 9. The van der Waals surface area contributed by atoms with E-state index < -0.39 is 66.3 Å². The molecule has 25 heteroatoms. The molecule has 3 heterocycles. The maximum Gasteiger partial charge on any atom is 0.471 e. The highest BCUT2D eigenvalue weighted by Gasteiger charge is 2.44. The number of aromatic nitrogens is 3. The summed E-state index contributed by atoms with van der Waals surface area (Å²) in [7, 11) is -4.54. The maximum absolute atomic E-state index is 15.5. The number of amides is 2. The Balaban J connectivity index is 1.33. The second-order valence-electron chi connectivity index (χ2n) is 14.4. The van der Waals surface area contributed by atoms with Crippen LogP contribution in [-0.2, 0) is 27.5 Å². The van der Waals surface area contributed by atoms with E-state index >= 15 is 4.39 Å². The minimum Gasteiger partial charge on any atom is -0.465 e. The Morgan fingerprint density at radius 2 is 1.66 bits per heavy atom. The van der Waals surface area contributed by atoms with E-state index in [9.17, 15) is 49.5 Å². The van der Waals surface area contributed by atoms with E-state index in [2.05, 4.69) is 19.9 Å². The highest BCUT2D eigenvalue weighted by atomic mass is 35.6. The zero-order chi connectivity index (χ0) is 46.8. The number of piperidine rings is 1. The first-order chi connectivity index (χ1) is 29.9. The molecule has 2 N–H and O–H groups in total. The first kappa shape index (κ1) is 48.8. The number of nitrogens with zero attached hydrogens (tertiary/aromatic N) is 5. The molecule has 1 fully saturated rings. The first-order valence-corrected chi connectivity index (χ1v) is 22.4. The van der Waals surface area contributed by atoms with Gasteiger partial charge in [-0.1, -0.05) is 75.9 Å². The first-order valence-electron chi connectivity index (χ1n) is 18.5. The predicted molar refractivity (Wildman–Crippen MR) is 225 cm³/mol. The monoisotopic (exact) mass is 1020 g/mol. The second-order valence-corrected chi connectivity index (χ2v) is 19.8. The van der Waals surface area contributed by atoms with Crippen molar-refractivity contribution in [1.82, 2.24) is 25.0 Å². The van der Waals surface area contributed by atoms with Crippen LogP contribution in [0.1, 0.15) is 30.5 Å². The second kappa shape index (κ2) is 19.4. The average Bonchev–Trinajstić information content (AvgIpc) is 3.72. The Morgan fingerprint density at radius 3 is 2.28 bits per heavy atom. The molecule has 0 radical (unpaired) electrons. The van der Waals surface area contributed by atoms with Crippen molar-refractivity contribution in [2.45, 2.75) is 46.8 Å². The molecule has 2 aromatic heterocycles. The van der Waals surface area contributed by atoms with E-state index in [1.54, 1.807) is 0 Å². The molecular formula is C39H31Cl4F7N6O6S2. The van der Waals surface area contributed by atoms with Gasteiger partial charge in [0, 0.05) is 37.5 Å². The van der Waals surface area contributed by atoms with Crippen LogP contribution >= 0.6 is 57.7 Å². The molecule has 6 rings (SSSR count). The Bertz CT molecular complexity index is 2610. The van der Waals surface area contributed by atoms with Gasteiger partial charge in [0.25, 0.3) is 10.0 Å². The van der Waals surface area contributed by atoms with E-state index in [1.165, 1.54) is 54.2 Å². The Labute approximate surface area is 383 Å². The summed E-state index contributed by atoms with van der Waals surface area (Å²) < 4.78 is 128. The van der Waals surface area contributed by atoms with E-state index in [0.29, 0.717) is 4.90 Å². The molecule has 0 aliphatic carbocycles. The summed E-state index contributed by atoms with van der Waals surface area (Å²) in [6.45, 7) is -1.17. The minimum atomic E-state index is -5.07. The van der Waals surface area contributed by atoms with E-state index in [4.69, 9.17) is 51.1 Å². The Hall–Kier alpha value is -4.67. The van der Waals surface area contributed by atoms with Crippen LogP contribution in [-0.4, -0.2) is 80.1 Å². The number of likely N-dealkylation sites (tertiary alicyclic amines) is 1. The van der Waals surface area contributed by atoms with Crippen molar-refractivity contribution in [2.75, 3.05) is 24.4 Å². The molecule has 12 nitrogen and oxygen atoms in total. The van der Waals surface area contributed by atoms with Gasteiger partial charge < -0.3 is 19.6 Å². The van der Waals surface area contributed by atoms with Crippen LogP contribution in [0.4, 0.5) is 40.7 Å². The van der Waals surface area contributed by atoms with Gasteiger partial charge in [0.05, 0.1) is 22.8 Å². The van der Waals surface area contributed by atoms with Gasteiger partial charge in [-0.25, -0.2) is 17.6 Å². The zero-order valence-electron chi connectivity index (χ0n) is 32.3. The number of carbonyl (C=O) groups excluding carboxylic acids is 1. The number of hydrogen-bond donors (Lipinski definition) is 2. The molecule has 64 heavy (non-hydrogen) atoms. The van der Waals surface area contributed by atoms with E-state index in [-0.39, 0.29) is 95.0 Å². The van der Waals surface area contributed by atoms with Gasteiger partial charge in [-0.05, 0) is 90.3 Å². The van der Waals surface area contributed by atoms with Crippen molar-refractivity contribution in [3.05, 3.63) is 101 Å². The van der Waals surface area contributed by atoms with Crippen molar-refractivity contribution < 1.29 is 58.6 Å². The quantitative estimate of drug-likeness (QED) is 0.0866. The fraction of sp³-hybridized carbons (Fsp3) is 0.308. The molecule has 0 bridgehead atoms. The highest BCUT2D eigenvalue weighted by Crippen LogP contribution is 2.43. The number of anilines is 1. The molecule has 1 saturated heterocycles. The standard InChI is InChI=1S/C39H31Cl4F7N6O6S2/c40-29-15-33(64(60,61)54-35-53-52-20-63-35)30(44)16-32(29)62-31-5-4-23(22-2-1-3-26(12-22)38(45,46)47)14-28(31)24-6-9-51-27(13-24)19-56(36(58)59)18-25(17-37(41,42)43)21-7-10-55(11-8-21)34(57)39(48,49)50/h1-6,9,12-16,20-21,25H,7-8,10-11,17-19H2,(H,53,54)(H,58,59). The summed E-state index contributed by atoms with van der Waals surface area (Å²) in [6, 6.07) is 13.2. The highest BCUT2D eigenvalue weighted by molar-refractivity contribution is 7.93. The summed E-state index contributed by atoms with van der Waals surface area (Å²) >= 11 is 25.7. The lowest BCUT2D eigenvalue weighted by molar-refractivity contribution is -0.187. The SMILES string of the molecule is O=C(O)N(Cc1cc(-c2cc(-c3cccc(C(F)(F)F)c3)ccc2Oc2cc(F)c(S(=O)(=O)Nc3nncs3)cc2Cl)ccn1)CC(CC(Cl)(Cl)Cl)C1CCN(C(=O)C(F)(F)F)CC1. The van der Waals surface area contributed by atoms with Crippen LogP contribution in [0, 0.1) is 17.7 Å². The number of carbonyl (C=O) groups is 2. The van der Waals surface area contributed by atoms with Crippen LogP contribution < -0.4 is 9.46 Å². The topological polar surface area (TPSA) is 155 Å². The normalized spacial score (nSPS) is 14.6. The molecule has 1 aliphatic heterocycles. The molecular weight excluding hydrogens is 987 g/mol. The summed E-state index contributed by atoms with van der Waals surface area (Å²) in [5, 5.41) is 16.9. The molecule has 2 amide bonds. The van der Waals surface area contributed by atoms with Crippen molar-refractivity contribution in [1.29, 1.82) is 0 Å². The van der Waals surface area contributed by atoms with Crippen molar-refractivity contribution >= 4 is 84.9 Å². The maximum atomic E-state index is 15.5. The lowest BCUT2D eigenvalue weighted by Crippen LogP contribution is -2.47. The number of carboxylic acid groups (broad SMARTS) is 1. The molecule has 1 unspecified atom stereocenters. The lowest BCUT2D eigenvalue weighted by Gasteiger charge is -2.38. The fourth-order valence-electron chi connectivity index (χ4n) is 7.05. The molecule has 342 valence electrons. The van der Waals surface area contributed by atoms with Gasteiger partial charge >= 0.3 is 24.4 Å². The Morgan fingerprint density at radius 1 is 0.953 bits per heavy atom. The zero-order valence-corrected chi connectivity index (χ0v) is 37.0. The molecule has 1 aliphatic rings. The predicted octanol–water partition coefficient (Wildman–Crippen LogP) is 11.3. The van der Waals surface area contributed by atoms with Gasteiger partial charge in [0.1, 0.15) is 27.7 Å². The van der Waals surface area contributed by atoms with Gasteiger partial charge in [-0.3, -0.25) is 14.5 Å². The number of hydrogen-bond acceptors (Lipinski definition) is 9. The summed E-state index contributed by atoms with van der Waals surface area (Å²) in [5.41, 5.74) is 1.30. The molecule has 3 aromatic carbocycles. The van der Waals surface area contributed by atoms with Crippen LogP contribution in [0.25, 0.3) is 22.3 Å². The van der Waals surface area contributed by atoms with Crippen LogP contribution in [0.5, 0.6) is 11.5 Å². The van der Waals surface area contributed by atoms with E-state index in [0.717, 1.165) is 40.5 Å². The summed E-state index contributed by atoms with van der Waals surface area (Å²) in [5.74, 6) is -4.83. The average molecular weight is 1020 g/mol. The van der Waals surface area contributed by atoms with E-state index in [1.807, 2.05) is 0 Å². The van der Waals surface area contributed by atoms with Crippen molar-refractivity contribution in [2.24, 2.45) is 11.8 Å². The van der Waals surface area contributed by atoms with Crippen LogP contribution in [0.15, 0.2) is 83.3 Å². The van der Waals surface area contributed by atoms with Gasteiger partial charge in [0.15, 0.2) is 3.79 Å². The van der Waals surface area contributed by atoms with Crippen molar-refractivity contribution in [3.63, 3.8) is 0 Å². The molecule has 5 aromatic rings. The number of halogens is 11. The number of nitrogens with one attached hydrogen (secondary N) is 1. The third kappa shape index (κ3) is 12.4. The smallest absolute Gasteiger partial charge is 0.465 e. The van der Waals surface area contributed by atoms with Crippen LogP contribution in [0.3, 0.4) is 0 Å². The number of ether oxygens (including phenoxy) is 1. The van der Waals surface area contributed by atoms with Crippen LogP contribution in [0.2, 0.25) is 5.02 Å².